The van der Waals surface area contributed by atoms with E-state index in [1.807, 2.05) is 29.4 Å². The molecular formula is C18H22N4OS. The van der Waals surface area contributed by atoms with Crippen LogP contribution in [0.3, 0.4) is 0 Å². The highest BCUT2D eigenvalue weighted by Crippen LogP contribution is 2.18. The summed E-state index contributed by atoms with van der Waals surface area (Å²) in [6, 6.07) is 14.0. The quantitative estimate of drug-likeness (QED) is 0.784. The van der Waals surface area contributed by atoms with Crippen molar-refractivity contribution >= 4 is 23.5 Å². The third-order valence-electron chi connectivity index (χ3n) is 4.21. The molecule has 126 valence electrons. The predicted octanol–water partition coefficient (Wildman–Crippen LogP) is 2.84. The molecule has 1 saturated heterocycles. The Morgan fingerprint density at radius 2 is 2.04 bits per heavy atom. The summed E-state index contributed by atoms with van der Waals surface area (Å²) < 4.78 is 0. The van der Waals surface area contributed by atoms with Crippen molar-refractivity contribution in [2.75, 3.05) is 24.7 Å². The van der Waals surface area contributed by atoms with E-state index in [4.69, 9.17) is 0 Å². The number of carbonyl (C=O) groups excluding carboxylic acids is 1. The van der Waals surface area contributed by atoms with Gasteiger partial charge in [0.1, 0.15) is 16.9 Å². The zero-order chi connectivity index (χ0) is 16.8. The summed E-state index contributed by atoms with van der Waals surface area (Å²) in [7, 11) is 0. The molecule has 24 heavy (non-hydrogen) atoms. The molecule has 0 bridgehead atoms. The number of hydrogen-bond acceptors (Lipinski definition) is 5. The molecule has 1 N–H and O–H groups in total. The Bertz CT molecular complexity index is 662. The maximum absolute atomic E-state index is 12.5. The average molecular weight is 342 g/mol. The van der Waals surface area contributed by atoms with Gasteiger partial charge < -0.3 is 10.2 Å². The van der Waals surface area contributed by atoms with Gasteiger partial charge in [0.25, 0.3) is 0 Å². The van der Waals surface area contributed by atoms with Crippen LogP contribution in [-0.2, 0) is 11.2 Å². The van der Waals surface area contributed by atoms with E-state index in [2.05, 4.69) is 39.8 Å². The number of likely N-dealkylation sites (tertiary alicyclic amines) is 1. The number of nitrogens with zero attached hydrogens (tertiary/aromatic N) is 3. The van der Waals surface area contributed by atoms with Crippen molar-refractivity contribution in [3.63, 3.8) is 0 Å². The van der Waals surface area contributed by atoms with E-state index < -0.39 is 0 Å². The van der Waals surface area contributed by atoms with Crippen LogP contribution in [0.15, 0.2) is 47.5 Å². The van der Waals surface area contributed by atoms with Gasteiger partial charge in [-0.2, -0.15) is 0 Å². The second-order valence-electron chi connectivity index (χ2n) is 5.86. The van der Waals surface area contributed by atoms with Crippen LogP contribution in [0, 0.1) is 0 Å². The first-order valence-electron chi connectivity index (χ1n) is 8.23. The van der Waals surface area contributed by atoms with Gasteiger partial charge in [0, 0.05) is 13.1 Å². The minimum atomic E-state index is -0.184. The highest BCUT2D eigenvalue weighted by Gasteiger charge is 2.31. The monoisotopic (exact) mass is 342 g/mol. The molecule has 1 unspecified atom stereocenters. The number of aryl methyl sites for hydroxylation is 1. The van der Waals surface area contributed by atoms with E-state index >= 15 is 0 Å². The summed E-state index contributed by atoms with van der Waals surface area (Å²) in [6.07, 6.45) is 4.77. The summed E-state index contributed by atoms with van der Waals surface area (Å²) in [5, 5.41) is 12.3. The molecular weight excluding hydrogens is 320 g/mol. The van der Waals surface area contributed by atoms with Gasteiger partial charge in [-0.1, -0.05) is 30.3 Å². The lowest BCUT2D eigenvalue weighted by atomic mass is 10.1. The Morgan fingerprint density at radius 1 is 1.21 bits per heavy atom. The molecule has 1 fully saturated rings. The standard InChI is InChI=1S/C18H22N4OS/c1-24-17-10-9-16(20-21-17)19-15-11-13-22(18(15)23)12-5-8-14-6-3-2-4-7-14/h2-4,6-7,9-10,15H,5,8,11-13H2,1H3,(H,19,20). The van der Waals surface area contributed by atoms with E-state index in [0.717, 1.165) is 37.4 Å². The number of rotatable bonds is 7. The fourth-order valence-electron chi connectivity index (χ4n) is 2.90. The normalized spacial score (nSPS) is 17.3. The summed E-state index contributed by atoms with van der Waals surface area (Å²) in [5.74, 6) is 0.830. The molecule has 0 radical (unpaired) electrons. The Labute approximate surface area is 146 Å². The molecule has 5 nitrogen and oxygen atoms in total. The number of aromatic nitrogens is 2. The lowest BCUT2D eigenvalue weighted by Gasteiger charge is -2.17. The zero-order valence-electron chi connectivity index (χ0n) is 13.8. The van der Waals surface area contributed by atoms with E-state index in [9.17, 15) is 4.79 Å². The van der Waals surface area contributed by atoms with Crippen molar-refractivity contribution in [3.05, 3.63) is 48.0 Å². The van der Waals surface area contributed by atoms with E-state index in [1.165, 1.54) is 5.56 Å². The molecule has 0 aliphatic carbocycles. The van der Waals surface area contributed by atoms with Crippen LogP contribution in [0.2, 0.25) is 0 Å². The Balaban J connectivity index is 1.47. The van der Waals surface area contributed by atoms with Gasteiger partial charge in [0.15, 0.2) is 0 Å². The van der Waals surface area contributed by atoms with Gasteiger partial charge in [-0.05, 0) is 43.2 Å². The number of nitrogens with one attached hydrogen (secondary N) is 1. The molecule has 1 atom stereocenters. The summed E-state index contributed by atoms with van der Waals surface area (Å²) in [6.45, 7) is 1.62. The molecule has 2 aromatic rings. The predicted molar refractivity (Wildman–Crippen MR) is 97.2 cm³/mol. The molecule has 1 aromatic heterocycles. The topological polar surface area (TPSA) is 58.1 Å². The van der Waals surface area contributed by atoms with Gasteiger partial charge in [0.2, 0.25) is 5.91 Å². The van der Waals surface area contributed by atoms with Crippen molar-refractivity contribution in [2.24, 2.45) is 0 Å². The average Bonchev–Trinajstić information content (AvgIpc) is 2.97. The molecule has 1 amide bonds. The number of thioether (sulfide) groups is 1. The zero-order valence-corrected chi connectivity index (χ0v) is 14.6. The minimum Gasteiger partial charge on any atom is -0.357 e. The van der Waals surface area contributed by atoms with E-state index in [-0.39, 0.29) is 11.9 Å². The van der Waals surface area contributed by atoms with Crippen LogP contribution in [-0.4, -0.2) is 46.4 Å². The Hall–Kier alpha value is -2.08. The number of anilines is 1. The van der Waals surface area contributed by atoms with E-state index in [0.29, 0.717) is 5.82 Å². The Kier molecular flexibility index (Phi) is 5.69. The number of benzene rings is 1. The third kappa shape index (κ3) is 4.26. The van der Waals surface area contributed by atoms with Gasteiger partial charge in [-0.25, -0.2) is 0 Å². The maximum atomic E-state index is 12.5. The molecule has 0 saturated carbocycles. The fourth-order valence-corrected chi connectivity index (χ4v) is 3.22. The van der Waals surface area contributed by atoms with Crippen molar-refractivity contribution in [1.29, 1.82) is 0 Å². The molecule has 2 heterocycles. The first kappa shape index (κ1) is 16.8. The third-order valence-corrected chi connectivity index (χ3v) is 4.84. The van der Waals surface area contributed by atoms with Crippen molar-refractivity contribution < 1.29 is 4.79 Å². The van der Waals surface area contributed by atoms with E-state index in [1.54, 1.807) is 11.8 Å². The van der Waals surface area contributed by atoms with Gasteiger partial charge in [-0.3, -0.25) is 4.79 Å². The Morgan fingerprint density at radius 3 is 2.75 bits per heavy atom. The van der Waals surface area contributed by atoms with Crippen molar-refractivity contribution in [3.8, 4) is 0 Å². The summed E-state index contributed by atoms with van der Waals surface area (Å²) >= 11 is 1.55. The first-order valence-corrected chi connectivity index (χ1v) is 9.46. The van der Waals surface area contributed by atoms with Crippen LogP contribution in [0.5, 0.6) is 0 Å². The van der Waals surface area contributed by atoms with Crippen LogP contribution in [0.1, 0.15) is 18.4 Å². The number of hydrogen-bond donors (Lipinski definition) is 1. The van der Waals surface area contributed by atoms with Crippen LogP contribution < -0.4 is 5.32 Å². The molecule has 1 aliphatic heterocycles. The smallest absolute Gasteiger partial charge is 0.245 e. The molecule has 6 heteroatoms. The van der Waals surface area contributed by atoms with Gasteiger partial charge in [0.05, 0.1) is 0 Å². The number of carbonyl (C=O) groups is 1. The summed E-state index contributed by atoms with van der Waals surface area (Å²) in [5.41, 5.74) is 1.32. The van der Waals surface area contributed by atoms with Crippen molar-refractivity contribution in [1.82, 2.24) is 15.1 Å². The highest BCUT2D eigenvalue weighted by molar-refractivity contribution is 7.98. The second-order valence-corrected chi connectivity index (χ2v) is 6.69. The second kappa shape index (κ2) is 8.15. The van der Waals surface area contributed by atoms with Gasteiger partial charge in [-0.15, -0.1) is 22.0 Å². The minimum absolute atomic E-state index is 0.166. The fraction of sp³-hybridized carbons (Fsp3) is 0.389. The highest BCUT2D eigenvalue weighted by atomic mass is 32.2. The molecule has 1 aliphatic rings. The lowest BCUT2D eigenvalue weighted by molar-refractivity contribution is -0.128. The van der Waals surface area contributed by atoms with Crippen LogP contribution in [0.25, 0.3) is 0 Å². The molecule has 0 spiro atoms. The molecule has 1 aromatic carbocycles. The van der Waals surface area contributed by atoms with Gasteiger partial charge >= 0.3 is 0 Å². The number of amides is 1. The molecule has 3 rings (SSSR count). The SMILES string of the molecule is CSc1ccc(NC2CCN(CCCc3ccccc3)C2=O)nn1. The maximum Gasteiger partial charge on any atom is 0.245 e. The van der Waals surface area contributed by atoms with Crippen LogP contribution in [0.4, 0.5) is 5.82 Å². The van der Waals surface area contributed by atoms with Crippen molar-refractivity contribution in [2.45, 2.75) is 30.3 Å². The first-order chi connectivity index (χ1) is 11.8. The largest absolute Gasteiger partial charge is 0.357 e. The lowest BCUT2D eigenvalue weighted by Crippen LogP contribution is -2.34. The van der Waals surface area contributed by atoms with Crippen LogP contribution >= 0.6 is 11.8 Å². The summed E-state index contributed by atoms with van der Waals surface area (Å²) in [4.78, 5) is 14.4.